The topological polar surface area (TPSA) is 62.7 Å². The summed E-state index contributed by atoms with van der Waals surface area (Å²) in [5.41, 5.74) is 2.95. The molecule has 0 saturated heterocycles. The SMILES string of the molecule is COc1cc(CN(C)C(=O)c2cscn2)ccc1O. The number of ether oxygens (including phenoxy) is 1. The van der Waals surface area contributed by atoms with Crippen LogP contribution in [0, 0.1) is 0 Å². The van der Waals surface area contributed by atoms with Gasteiger partial charge >= 0.3 is 0 Å². The normalized spacial score (nSPS) is 10.2. The molecule has 0 saturated carbocycles. The Hall–Kier alpha value is -2.08. The van der Waals surface area contributed by atoms with Gasteiger partial charge < -0.3 is 14.7 Å². The van der Waals surface area contributed by atoms with Gasteiger partial charge in [-0.15, -0.1) is 11.3 Å². The maximum atomic E-state index is 12.0. The molecule has 6 heteroatoms. The van der Waals surface area contributed by atoms with Gasteiger partial charge in [0.2, 0.25) is 0 Å². The molecule has 2 aromatic rings. The van der Waals surface area contributed by atoms with E-state index in [4.69, 9.17) is 4.74 Å². The van der Waals surface area contributed by atoms with Crippen molar-refractivity contribution in [3.8, 4) is 11.5 Å². The molecule has 0 bridgehead atoms. The van der Waals surface area contributed by atoms with Gasteiger partial charge in [-0.05, 0) is 17.7 Å². The third kappa shape index (κ3) is 3.03. The van der Waals surface area contributed by atoms with Gasteiger partial charge in [-0.1, -0.05) is 6.07 Å². The summed E-state index contributed by atoms with van der Waals surface area (Å²) in [5.74, 6) is 0.347. The highest BCUT2D eigenvalue weighted by Gasteiger charge is 2.14. The molecule has 0 aliphatic heterocycles. The molecule has 0 unspecified atom stereocenters. The van der Waals surface area contributed by atoms with Gasteiger partial charge in [0, 0.05) is 19.0 Å². The van der Waals surface area contributed by atoms with Gasteiger partial charge in [0.15, 0.2) is 11.5 Å². The first-order valence-electron chi connectivity index (χ1n) is 5.61. The lowest BCUT2D eigenvalue weighted by Crippen LogP contribution is -2.26. The summed E-state index contributed by atoms with van der Waals surface area (Å²) in [6.07, 6.45) is 0. The largest absolute Gasteiger partial charge is 0.504 e. The van der Waals surface area contributed by atoms with E-state index in [9.17, 15) is 9.90 Å². The van der Waals surface area contributed by atoms with Crippen molar-refractivity contribution in [3.63, 3.8) is 0 Å². The first-order chi connectivity index (χ1) is 9.11. The maximum Gasteiger partial charge on any atom is 0.273 e. The number of thiazole rings is 1. The van der Waals surface area contributed by atoms with Gasteiger partial charge in [0.05, 0.1) is 12.6 Å². The lowest BCUT2D eigenvalue weighted by molar-refractivity contribution is 0.0780. The minimum absolute atomic E-state index is 0.0831. The summed E-state index contributed by atoms with van der Waals surface area (Å²) in [5, 5.41) is 11.2. The van der Waals surface area contributed by atoms with Crippen LogP contribution in [0.25, 0.3) is 0 Å². The molecule has 19 heavy (non-hydrogen) atoms. The molecule has 100 valence electrons. The van der Waals surface area contributed by atoms with Gasteiger partial charge in [-0.2, -0.15) is 0 Å². The third-order valence-corrected chi connectivity index (χ3v) is 3.25. The summed E-state index contributed by atoms with van der Waals surface area (Å²) in [6, 6.07) is 5.01. The van der Waals surface area contributed by atoms with Crippen LogP contribution >= 0.6 is 11.3 Å². The Kier molecular flexibility index (Phi) is 4.01. The maximum absolute atomic E-state index is 12.0. The smallest absolute Gasteiger partial charge is 0.273 e. The number of carbonyl (C=O) groups is 1. The highest BCUT2D eigenvalue weighted by Crippen LogP contribution is 2.26. The van der Waals surface area contributed by atoms with Crippen molar-refractivity contribution in [3.05, 3.63) is 40.3 Å². The highest BCUT2D eigenvalue weighted by atomic mass is 32.1. The Morgan fingerprint density at radius 1 is 1.53 bits per heavy atom. The summed E-state index contributed by atoms with van der Waals surface area (Å²) < 4.78 is 5.04. The number of aromatic nitrogens is 1. The fourth-order valence-electron chi connectivity index (χ4n) is 1.68. The number of aromatic hydroxyl groups is 1. The van der Waals surface area contributed by atoms with Crippen molar-refractivity contribution >= 4 is 17.2 Å². The van der Waals surface area contributed by atoms with Crippen LogP contribution in [0.2, 0.25) is 0 Å². The summed E-state index contributed by atoms with van der Waals surface area (Å²) in [4.78, 5) is 17.6. The van der Waals surface area contributed by atoms with Crippen LogP contribution in [0.3, 0.4) is 0 Å². The molecule has 0 aliphatic rings. The predicted octanol–water partition coefficient (Wildman–Crippen LogP) is 2.13. The number of carbonyl (C=O) groups excluding carboxylic acids is 1. The molecule has 1 aromatic heterocycles. The molecular weight excluding hydrogens is 264 g/mol. The second kappa shape index (κ2) is 5.71. The van der Waals surface area contributed by atoms with Crippen LogP contribution in [0.15, 0.2) is 29.1 Å². The predicted molar refractivity (Wildman–Crippen MR) is 72.6 cm³/mol. The molecule has 0 radical (unpaired) electrons. The molecule has 1 N–H and O–H groups in total. The quantitative estimate of drug-likeness (QED) is 0.930. The average Bonchev–Trinajstić information content (AvgIpc) is 2.94. The lowest BCUT2D eigenvalue weighted by Gasteiger charge is -2.16. The minimum Gasteiger partial charge on any atom is -0.504 e. The number of methoxy groups -OCH3 is 1. The van der Waals surface area contributed by atoms with Crippen LogP contribution in [0.5, 0.6) is 11.5 Å². The number of amides is 1. The number of hydrogen-bond acceptors (Lipinski definition) is 5. The fourth-order valence-corrected chi connectivity index (χ4v) is 2.21. The van der Waals surface area contributed by atoms with E-state index in [-0.39, 0.29) is 11.7 Å². The van der Waals surface area contributed by atoms with E-state index in [1.807, 2.05) is 0 Å². The van der Waals surface area contributed by atoms with Crippen LogP contribution < -0.4 is 4.74 Å². The number of hydrogen-bond donors (Lipinski definition) is 1. The van der Waals surface area contributed by atoms with Crippen molar-refractivity contribution < 1.29 is 14.6 Å². The van der Waals surface area contributed by atoms with Gasteiger partial charge in [-0.25, -0.2) is 4.98 Å². The molecule has 1 amide bonds. The average molecular weight is 278 g/mol. The Balaban J connectivity index is 2.10. The fraction of sp³-hybridized carbons (Fsp3) is 0.231. The summed E-state index contributed by atoms with van der Waals surface area (Å²) in [6.45, 7) is 0.424. The van der Waals surface area contributed by atoms with Crippen molar-refractivity contribution in [2.24, 2.45) is 0 Å². The molecule has 0 aliphatic carbocycles. The van der Waals surface area contributed by atoms with Crippen LogP contribution in [-0.2, 0) is 6.54 Å². The number of benzene rings is 1. The van der Waals surface area contributed by atoms with Crippen molar-refractivity contribution in [1.82, 2.24) is 9.88 Å². The van der Waals surface area contributed by atoms with Crippen molar-refractivity contribution in [1.29, 1.82) is 0 Å². The number of phenols is 1. The van der Waals surface area contributed by atoms with E-state index in [1.165, 1.54) is 18.4 Å². The van der Waals surface area contributed by atoms with Crippen molar-refractivity contribution in [2.45, 2.75) is 6.54 Å². The second-order valence-electron chi connectivity index (χ2n) is 4.04. The van der Waals surface area contributed by atoms with Crippen LogP contribution in [0.1, 0.15) is 16.1 Å². The van der Waals surface area contributed by atoms with E-state index in [2.05, 4.69) is 4.98 Å². The first-order valence-corrected chi connectivity index (χ1v) is 6.55. The first kappa shape index (κ1) is 13.4. The molecule has 0 atom stereocenters. The van der Waals surface area contributed by atoms with E-state index in [1.54, 1.807) is 41.0 Å². The Bertz CT molecular complexity index is 569. The minimum atomic E-state index is -0.131. The number of nitrogens with zero attached hydrogens (tertiary/aromatic N) is 2. The van der Waals surface area contributed by atoms with Gasteiger partial charge in [0.25, 0.3) is 5.91 Å². The van der Waals surface area contributed by atoms with Gasteiger partial charge in [-0.3, -0.25) is 4.79 Å². The monoisotopic (exact) mass is 278 g/mol. The number of rotatable bonds is 4. The Morgan fingerprint density at radius 3 is 2.95 bits per heavy atom. The van der Waals surface area contributed by atoms with E-state index < -0.39 is 0 Å². The van der Waals surface area contributed by atoms with Crippen molar-refractivity contribution in [2.75, 3.05) is 14.2 Å². The molecule has 1 aromatic carbocycles. The zero-order valence-corrected chi connectivity index (χ0v) is 11.5. The standard InChI is InChI=1S/C13H14N2O3S/c1-15(13(17)10-7-19-8-14-10)6-9-3-4-11(16)12(5-9)18-2/h3-5,7-8,16H,6H2,1-2H3. The third-order valence-electron chi connectivity index (χ3n) is 2.66. The molecule has 0 spiro atoms. The Morgan fingerprint density at radius 2 is 2.32 bits per heavy atom. The second-order valence-corrected chi connectivity index (χ2v) is 4.76. The molecule has 5 nitrogen and oxygen atoms in total. The Labute approximate surface area is 115 Å². The van der Waals surface area contributed by atoms with Gasteiger partial charge in [0.1, 0.15) is 5.69 Å². The van der Waals surface area contributed by atoms with Crippen LogP contribution in [-0.4, -0.2) is 35.1 Å². The zero-order valence-electron chi connectivity index (χ0n) is 10.7. The van der Waals surface area contributed by atoms with E-state index in [0.29, 0.717) is 18.0 Å². The zero-order chi connectivity index (χ0) is 13.8. The molecule has 2 rings (SSSR count). The van der Waals surface area contributed by atoms with Crippen LogP contribution in [0.4, 0.5) is 0 Å². The summed E-state index contributed by atoms with van der Waals surface area (Å²) >= 11 is 1.39. The summed E-state index contributed by atoms with van der Waals surface area (Å²) in [7, 11) is 3.20. The molecule has 0 fully saturated rings. The molecule has 1 heterocycles. The molecular formula is C13H14N2O3S. The lowest BCUT2D eigenvalue weighted by atomic mass is 10.2. The van der Waals surface area contributed by atoms with E-state index >= 15 is 0 Å². The number of phenolic OH excluding ortho intramolecular Hbond substituents is 1. The van der Waals surface area contributed by atoms with E-state index in [0.717, 1.165) is 5.56 Å². The highest BCUT2D eigenvalue weighted by molar-refractivity contribution is 7.07.